The van der Waals surface area contributed by atoms with Crippen LogP contribution >= 0.6 is 0 Å². The van der Waals surface area contributed by atoms with Gasteiger partial charge in [0, 0.05) is 28.3 Å². The highest BCUT2D eigenvalue weighted by Gasteiger charge is 2.40. The summed E-state index contributed by atoms with van der Waals surface area (Å²) >= 11 is 0. The Hall–Kier alpha value is -6.48. The van der Waals surface area contributed by atoms with E-state index < -0.39 is 29.4 Å². The number of esters is 4. The lowest BCUT2D eigenvalue weighted by Gasteiger charge is -2.40. The van der Waals surface area contributed by atoms with Crippen LogP contribution in [0.15, 0.2) is 79.4 Å². The number of rotatable bonds is 14. The fourth-order valence-corrected chi connectivity index (χ4v) is 9.14. The van der Waals surface area contributed by atoms with Crippen LogP contribution in [0.25, 0.3) is 0 Å². The lowest BCUT2D eigenvalue weighted by Crippen LogP contribution is -2.39. The third-order valence-corrected chi connectivity index (χ3v) is 13.2. The van der Waals surface area contributed by atoms with Crippen molar-refractivity contribution in [1.29, 1.82) is 0 Å². The molecule has 3 saturated carbocycles. The molecule has 0 radical (unpaired) electrons. The molecule has 3 aliphatic carbocycles. The molecule has 0 heterocycles. The average Bonchev–Trinajstić information content (AvgIpc) is 3.34. The molecule has 0 N–H and O–H groups in total. The molecule has 65 heavy (non-hydrogen) atoms. The van der Waals surface area contributed by atoms with Crippen LogP contribution in [0.5, 0.6) is 5.75 Å². The average molecular weight is 873 g/mol. The molecule has 0 spiro atoms. The Balaban J connectivity index is 1.04. The highest BCUT2D eigenvalue weighted by atomic mass is 16.6. The molecule has 0 aliphatic heterocycles. The maximum Gasteiger partial charge on any atom is 0.339 e. The van der Waals surface area contributed by atoms with E-state index in [1.54, 1.807) is 12.1 Å². The van der Waals surface area contributed by atoms with Gasteiger partial charge in [0.05, 0.1) is 36.2 Å². The van der Waals surface area contributed by atoms with Crippen LogP contribution in [-0.2, 0) is 28.6 Å². The molecule has 8 nitrogen and oxygen atoms in total. The van der Waals surface area contributed by atoms with Crippen molar-refractivity contribution in [2.45, 2.75) is 115 Å². The molecular weight excluding hydrogens is 813 g/mol. The molecule has 8 heteroatoms. The third-order valence-electron chi connectivity index (χ3n) is 13.2. The van der Waals surface area contributed by atoms with Crippen molar-refractivity contribution in [3.8, 4) is 54.1 Å². The van der Waals surface area contributed by atoms with Crippen molar-refractivity contribution in [3.63, 3.8) is 0 Å². The normalized spacial score (nSPS) is 22.4. The number of unbranched alkanes of at least 4 members (excludes halogenated alkanes) is 3. The number of hydrogen-bond acceptors (Lipinski definition) is 8. The minimum Gasteiger partial charge on any atom is -0.465 e. The monoisotopic (exact) mass is 872 g/mol. The zero-order valence-corrected chi connectivity index (χ0v) is 37.7. The van der Waals surface area contributed by atoms with E-state index in [9.17, 15) is 19.2 Å². The first-order valence-corrected chi connectivity index (χ1v) is 23.3. The largest absolute Gasteiger partial charge is 0.465 e. The van der Waals surface area contributed by atoms with E-state index in [1.807, 2.05) is 48.5 Å². The predicted octanol–water partition coefficient (Wildman–Crippen LogP) is 10.6. The fourth-order valence-electron chi connectivity index (χ4n) is 9.14. The third kappa shape index (κ3) is 14.3. The SMILES string of the molecule is C#Cc1ccc(C#Cc2ccc(C#CC3(OC(=O)c4ccc(OC(=O)C5CCC(C(=O)OCCCCCCOC(=O)C=C)CC5)c(C#C)c4)CCC(C4CCC(C)CC4)CC3)cc2)cc1. The first kappa shape index (κ1) is 48.0. The summed E-state index contributed by atoms with van der Waals surface area (Å²) in [4.78, 5) is 51.1. The number of hydrogen-bond donors (Lipinski definition) is 0. The van der Waals surface area contributed by atoms with Gasteiger partial charge < -0.3 is 18.9 Å². The van der Waals surface area contributed by atoms with Gasteiger partial charge in [-0.2, -0.15) is 0 Å². The minimum absolute atomic E-state index is 0.196. The Morgan fingerprint density at radius 2 is 1.18 bits per heavy atom. The van der Waals surface area contributed by atoms with E-state index in [0.717, 1.165) is 72.8 Å². The Kier molecular flexibility index (Phi) is 17.7. The van der Waals surface area contributed by atoms with Gasteiger partial charge in [-0.1, -0.05) is 55.9 Å². The molecule has 0 amide bonds. The smallest absolute Gasteiger partial charge is 0.339 e. The topological polar surface area (TPSA) is 105 Å². The molecule has 0 saturated heterocycles. The highest BCUT2D eigenvalue weighted by Crippen LogP contribution is 2.44. The van der Waals surface area contributed by atoms with Gasteiger partial charge in [-0.3, -0.25) is 9.59 Å². The molecule has 0 aromatic heterocycles. The van der Waals surface area contributed by atoms with Gasteiger partial charge >= 0.3 is 23.9 Å². The molecule has 3 fully saturated rings. The highest BCUT2D eigenvalue weighted by molar-refractivity contribution is 5.91. The Labute approximate surface area is 385 Å². The van der Waals surface area contributed by atoms with Gasteiger partial charge in [-0.15, -0.1) is 12.8 Å². The van der Waals surface area contributed by atoms with Crippen LogP contribution in [0.4, 0.5) is 0 Å². The standard InChI is InChI=1S/C57H60O8/c1-5-42-14-16-43(17-15-42)18-19-44-20-22-45(23-21-44)32-35-57(36-33-48(34-37-57)47-24-12-41(4)13-25-47)65-56(61)51-30-31-52(46(6-2)40-51)64-55(60)50-28-26-49(27-29-50)54(59)63-39-11-9-8-10-38-62-53(58)7-3/h1-2,7,14-17,20-23,30-31,40-41,47-50H,3,8-13,24-29,33-34,36-39H2,4H3. The second kappa shape index (κ2) is 24.0. The van der Waals surface area contributed by atoms with Gasteiger partial charge in [0.2, 0.25) is 0 Å². The van der Waals surface area contributed by atoms with Crippen LogP contribution in [0.3, 0.4) is 0 Å². The summed E-state index contributed by atoms with van der Waals surface area (Å²) in [7, 11) is 0. The van der Waals surface area contributed by atoms with Crippen LogP contribution in [-0.4, -0.2) is 42.7 Å². The second-order valence-corrected chi connectivity index (χ2v) is 17.8. The number of ether oxygens (including phenoxy) is 4. The van der Waals surface area contributed by atoms with E-state index in [-0.39, 0.29) is 28.8 Å². The van der Waals surface area contributed by atoms with Crippen LogP contribution < -0.4 is 4.74 Å². The zero-order valence-electron chi connectivity index (χ0n) is 37.7. The molecule has 6 rings (SSSR count). The number of carbonyl (C=O) groups is 4. The second-order valence-electron chi connectivity index (χ2n) is 17.8. The van der Waals surface area contributed by atoms with Gasteiger partial charge in [0.25, 0.3) is 0 Å². The quantitative estimate of drug-likeness (QED) is 0.0394. The van der Waals surface area contributed by atoms with Crippen molar-refractivity contribution in [2.75, 3.05) is 13.2 Å². The molecule has 0 atom stereocenters. The summed E-state index contributed by atoms with van der Waals surface area (Å²) in [6.07, 6.45) is 25.9. The van der Waals surface area contributed by atoms with Gasteiger partial charge in [-0.05, 0) is 180 Å². The Morgan fingerprint density at radius 1 is 0.646 bits per heavy atom. The number of benzene rings is 3. The summed E-state index contributed by atoms with van der Waals surface area (Å²) in [5.41, 5.74) is 2.89. The predicted molar refractivity (Wildman–Crippen MR) is 251 cm³/mol. The van der Waals surface area contributed by atoms with Crippen molar-refractivity contribution in [2.24, 2.45) is 29.6 Å². The summed E-state index contributed by atoms with van der Waals surface area (Å²) in [6.45, 7) is 6.39. The Morgan fingerprint density at radius 3 is 1.75 bits per heavy atom. The van der Waals surface area contributed by atoms with Crippen molar-refractivity contribution in [3.05, 3.63) is 113 Å². The van der Waals surface area contributed by atoms with Crippen LogP contribution in [0.2, 0.25) is 0 Å². The van der Waals surface area contributed by atoms with Crippen molar-refractivity contribution in [1.82, 2.24) is 0 Å². The van der Waals surface area contributed by atoms with Gasteiger partial charge in [-0.25, -0.2) is 9.59 Å². The molecule has 3 aromatic carbocycles. The van der Waals surface area contributed by atoms with E-state index in [1.165, 1.54) is 31.7 Å². The van der Waals surface area contributed by atoms with Crippen LogP contribution in [0.1, 0.15) is 148 Å². The minimum atomic E-state index is -0.976. The van der Waals surface area contributed by atoms with Crippen LogP contribution in [0, 0.1) is 78.0 Å². The molecule has 0 bridgehead atoms. The lowest BCUT2D eigenvalue weighted by molar-refractivity contribution is -0.152. The van der Waals surface area contributed by atoms with E-state index in [4.69, 9.17) is 31.8 Å². The maximum absolute atomic E-state index is 14.0. The van der Waals surface area contributed by atoms with Crippen molar-refractivity contribution < 1.29 is 38.1 Å². The van der Waals surface area contributed by atoms with Gasteiger partial charge in [0.1, 0.15) is 5.75 Å². The summed E-state index contributed by atoms with van der Waals surface area (Å²) in [5.74, 6) is 18.3. The molecule has 3 aliphatic rings. The van der Waals surface area contributed by atoms with E-state index >= 15 is 0 Å². The molecule has 3 aromatic rings. The maximum atomic E-state index is 14.0. The molecular formula is C57H60O8. The van der Waals surface area contributed by atoms with Crippen molar-refractivity contribution >= 4 is 23.9 Å². The van der Waals surface area contributed by atoms with E-state index in [2.05, 4.69) is 49.0 Å². The summed E-state index contributed by atoms with van der Waals surface area (Å²) in [6, 6.07) is 20.0. The fraction of sp³-hybridized carbons (Fsp3) is 0.439. The first-order valence-electron chi connectivity index (χ1n) is 23.3. The number of carbonyl (C=O) groups excluding carboxylic acids is 4. The van der Waals surface area contributed by atoms with E-state index in [0.29, 0.717) is 63.6 Å². The molecule has 336 valence electrons. The molecule has 0 unspecified atom stereocenters. The lowest BCUT2D eigenvalue weighted by atomic mass is 9.68. The first-order chi connectivity index (χ1) is 31.6. The summed E-state index contributed by atoms with van der Waals surface area (Å²) < 4.78 is 22.7. The zero-order chi connectivity index (χ0) is 46.0. The summed E-state index contributed by atoms with van der Waals surface area (Å²) in [5, 5.41) is 0. The van der Waals surface area contributed by atoms with Gasteiger partial charge in [0.15, 0.2) is 5.60 Å². The Bertz CT molecular complexity index is 2350. The number of terminal acetylenes is 2.